The summed E-state index contributed by atoms with van der Waals surface area (Å²) in [5.74, 6) is 0. The number of fused-ring (bicyclic) bond motifs is 13. The molecule has 1 spiro atoms. The average molecular weight is 772 g/mol. The summed E-state index contributed by atoms with van der Waals surface area (Å²) in [4.78, 5) is 4.22. The number of benzene rings is 9. The standard InChI is InChI=1S/C58H42N2/c1-57(2)49-28-15-14-27-46(49)56-54(57)31-18-32-55(56)60(41-23-10-5-11-24-41)43-34-36-53-48(38-43)45-26-13-17-30-51(45)58(53)50-29-16-12-25-44(50)47-37-42(33-35-52(47)58)59(39-19-6-3-7-20-39)40-21-8-4-9-22-40/h3-38H,1-2H3/i3D,6D,7D,19D,20D. The SMILES string of the molecule is [2H]c1c([2H])c([2H])c(N(c2ccccc2)c2ccc3c(c2)-c2ccccc2C32c3ccccc3-c3cc(N(c4ccccc4)c4cccc5c4-c4ccccc4C5(C)C)ccc32)c([2H])c1[2H]. The van der Waals surface area contributed by atoms with Gasteiger partial charge in [0.25, 0.3) is 0 Å². The van der Waals surface area contributed by atoms with Crippen LogP contribution < -0.4 is 9.80 Å². The third-order valence-corrected chi connectivity index (χ3v) is 13.1. The van der Waals surface area contributed by atoms with Crippen LogP contribution in [0.1, 0.15) is 54.1 Å². The maximum absolute atomic E-state index is 9.05. The summed E-state index contributed by atoms with van der Waals surface area (Å²) in [6, 6.07) is 64.9. The molecule has 0 radical (unpaired) electrons. The number of hydrogen-bond donors (Lipinski definition) is 0. The first-order chi connectivity index (χ1) is 31.6. The fourth-order valence-electron chi connectivity index (χ4n) is 10.7. The molecule has 0 heterocycles. The molecule has 12 rings (SSSR count). The van der Waals surface area contributed by atoms with Crippen molar-refractivity contribution < 1.29 is 6.85 Å². The normalized spacial score (nSPS) is 16.9. The molecule has 0 saturated carbocycles. The second-order valence-corrected chi connectivity index (χ2v) is 16.5. The highest BCUT2D eigenvalue weighted by molar-refractivity contribution is 5.99. The van der Waals surface area contributed by atoms with Gasteiger partial charge in [-0.1, -0.05) is 165 Å². The summed E-state index contributed by atoms with van der Waals surface area (Å²) >= 11 is 0. The minimum Gasteiger partial charge on any atom is -0.310 e. The number of rotatable bonds is 6. The van der Waals surface area contributed by atoms with Crippen molar-refractivity contribution in [2.45, 2.75) is 24.7 Å². The Hall–Kier alpha value is -7.42. The quantitative estimate of drug-likeness (QED) is 0.166. The Kier molecular flexibility index (Phi) is 6.47. The molecule has 60 heavy (non-hydrogen) atoms. The van der Waals surface area contributed by atoms with Gasteiger partial charge in [-0.05, 0) is 128 Å². The zero-order valence-corrected chi connectivity index (χ0v) is 33.3. The molecule has 0 N–H and O–H groups in total. The molecule has 0 bridgehead atoms. The molecular weight excluding hydrogens is 725 g/mol. The zero-order valence-electron chi connectivity index (χ0n) is 38.3. The van der Waals surface area contributed by atoms with Crippen LogP contribution >= 0.6 is 0 Å². The highest BCUT2D eigenvalue weighted by Gasteiger charge is 2.52. The van der Waals surface area contributed by atoms with Gasteiger partial charge in [-0.15, -0.1) is 0 Å². The van der Waals surface area contributed by atoms with Gasteiger partial charge in [0.05, 0.1) is 18.0 Å². The van der Waals surface area contributed by atoms with E-state index < -0.39 is 11.5 Å². The maximum atomic E-state index is 9.05. The van der Waals surface area contributed by atoms with Crippen LogP contribution in [-0.4, -0.2) is 0 Å². The van der Waals surface area contributed by atoms with Crippen LogP contribution in [-0.2, 0) is 10.8 Å². The average Bonchev–Trinajstić information content (AvgIpc) is 3.90. The Balaban J connectivity index is 1.08. The highest BCUT2D eigenvalue weighted by atomic mass is 15.1. The molecule has 3 aliphatic carbocycles. The lowest BCUT2D eigenvalue weighted by Gasteiger charge is -2.32. The first-order valence-corrected chi connectivity index (χ1v) is 20.6. The molecule has 0 aromatic heterocycles. The van der Waals surface area contributed by atoms with E-state index in [1.807, 2.05) is 36.4 Å². The van der Waals surface area contributed by atoms with Crippen LogP contribution in [0.25, 0.3) is 33.4 Å². The van der Waals surface area contributed by atoms with Crippen molar-refractivity contribution in [3.05, 3.63) is 252 Å². The lowest BCUT2D eigenvalue weighted by Crippen LogP contribution is -2.26. The fraction of sp³-hybridized carbons (Fsp3) is 0.0690. The zero-order chi connectivity index (χ0) is 44.4. The lowest BCUT2D eigenvalue weighted by atomic mass is 9.70. The summed E-state index contributed by atoms with van der Waals surface area (Å²) in [5, 5.41) is 0. The van der Waals surface area contributed by atoms with Gasteiger partial charge in [-0.2, -0.15) is 0 Å². The van der Waals surface area contributed by atoms with E-state index >= 15 is 0 Å². The van der Waals surface area contributed by atoms with E-state index in [4.69, 9.17) is 6.85 Å². The fourth-order valence-corrected chi connectivity index (χ4v) is 10.7. The monoisotopic (exact) mass is 771 g/mol. The van der Waals surface area contributed by atoms with Gasteiger partial charge in [0.15, 0.2) is 0 Å². The van der Waals surface area contributed by atoms with Crippen molar-refractivity contribution in [1.82, 2.24) is 0 Å². The summed E-state index contributed by atoms with van der Waals surface area (Å²) in [5.41, 5.74) is 18.4. The van der Waals surface area contributed by atoms with Crippen LogP contribution in [0.2, 0.25) is 0 Å². The van der Waals surface area contributed by atoms with Crippen molar-refractivity contribution in [3.63, 3.8) is 0 Å². The molecule has 9 aromatic carbocycles. The Morgan fingerprint density at radius 3 is 1.42 bits per heavy atom. The molecule has 1 unspecified atom stereocenters. The molecule has 284 valence electrons. The summed E-state index contributed by atoms with van der Waals surface area (Å²) in [7, 11) is 0. The molecule has 9 aromatic rings. The van der Waals surface area contributed by atoms with Crippen LogP contribution in [0.15, 0.2) is 218 Å². The van der Waals surface area contributed by atoms with Gasteiger partial charge in [0.1, 0.15) is 0 Å². The summed E-state index contributed by atoms with van der Waals surface area (Å²) in [6.45, 7) is 4.66. The first kappa shape index (κ1) is 29.7. The predicted molar refractivity (Wildman–Crippen MR) is 250 cm³/mol. The summed E-state index contributed by atoms with van der Waals surface area (Å²) in [6.07, 6.45) is 0. The van der Waals surface area contributed by atoms with E-state index in [0.717, 1.165) is 33.8 Å². The molecule has 3 aliphatic rings. The van der Waals surface area contributed by atoms with Crippen molar-refractivity contribution >= 4 is 34.1 Å². The third-order valence-electron chi connectivity index (χ3n) is 13.1. The molecule has 1 atom stereocenters. The minimum absolute atomic E-state index is 0.103. The molecular formula is C58H42N2. The Morgan fingerprint density at radius 2 is 0.817 bits per heavy atom. The minimum atomic E-state index is -0.641. The summed E-state index contributed by atoms with van der Waals surface area (Å²) < 4.78 is 43.7. The Labute approximate surface area is 359 Å². The second-order valence-electron chi connectivity index (χ2n) is 16.5. The molecule has 2 heteroatoms. The van der Waals surface area contributed by atoms with Crippen molar-refractivity contribution in [2.75, 3.05) is 9.80 Å². The van der Waals surface area contributed by atoms with Crippen molar-refractivity contribution in [1.29, 1.82) is 0 Å². The lowest BCUT2D eigenvalue weighted by molar-refractivity contribution is 0.660. The van der Waals surface area contributed by atoms with Crippen LogP contribution in [0.3, 0.4) is 0 Å². The topological polar surface area (TPSA) is 6.48 Å². The van der Waals surface area contributed by atoms with E-state index in [2.05, 4.69) is 170 Å². The maximum Gasteiger partial charge on any atom is 0.0725 e. The van der Waals surface area contributed by atoms with Gasteiger partial charge < -0.3 is 9.80 Å². The van der Waals surface area contributed by atoms with E-state index in [1.54, 1.807) is 4.90 Å². The number of hydrogen-bond acceptors (Lipinski definition) is 2. The van der Waals surface area contributed by atoms with Crippen LogP contribution in [0.5, 0.6) is 0 Å². The van der Waals surface area contributed by atoms with Crippen molar-refractivity contribution in [3.8, 4) is 33.4 Å². The van der Waals surface area contributed by atoms with E-state index in [9.17, 15) is 0 Å². The van der Waals surface area contributed by atoms with Crippen LogP contribution in [0.4, 0.5) is 34.1 Å². The van der Waals surface area contributed by atoms with Gasteiger partial charge in [-0.25, -0.2) is 0 Å². The van der Waals surface area contributed by atoms with E-state index in [1.165, 1.54) is 50.1 Å². The predicted octanol–water partition coefficient (Wildman–Crippen LogP) is 15.3. The molecule has 0 fully saturated rings. The Morgan fingerprint density at radius 1 is 0.350 bits per heavy atom. The van der Waals surface area contributed by atoms with E-state index in [0.29, 0.717) is 11.4 Å². The molecule has 0 amide bonds. The molecule has 2 nitrogen and oxygen atoms in total. The van der Waals surface area contributed by atoms with Crippen molar-refractivity contribution in [2.24, 2.45) is 0 Å². The number of para-hydroxylation sites is 3. The number of nitrogens with zero attached hydrogens (tertiary/aromatic N) is 2. The number of anilines is 6. The first-order valence-electron chi connectivity index (χ1n) is 23.1. The van der Waals surface area contributed by atoms with E-state index in [-0.39, 0.29) is 35.3 Å². The van der Waals surface area contributed by atoms with Gasteiger partial charge in [-0.3, -0.25) is 0 Å². The largest absolute Gasteiger partial charge is 0.310 e. The smallest absolute Gasteiger partial charge is 0.0725 e. The van der Waals surface area contributed by atoms with Crippen LogP contribution in [0, 0.1) is 0 Å². The van der Waals surface area contributed by atoms with Gasteiger partial charge in [0.2, 0.25) is 0 Å². The molecule has 0 aliphatic heterocycles. The highest BCUT2D eigenvalue weighted by Crippen LogP contribution is 2.64. The Bertz CT molecular complexity index is 3410. The van der Waals surface area contributed by atoms with Gasteiger partial charge in [0, 0.05) is 39.4 Å². The third kappa shape index (κ3) is 4.76. The van der Waals surface area contributed by atoms with Gasteiger partial charge >= 0.3 is 0 Å². The molecule has 0 saturated heterocycles. The second kappa shape index (κ2) is 13.0.